The molecule has 0 aliphatic heterocycles. The van der Waals surface area contributed by atoms with Gasteiger partial charge in [-0.1, -0.05) is 0 Å². The van der Waals surface area contributed by atoms with Crippen LogP contribution >= 0.6 is 11.6 Å². The molecule has 1 N–H and O–H groups in total. The number of aromatic nitrogens is 2. The van der Waals surface area contributed by atoms with Gasteiger partial charge in [-0.2, -0.15) is 4.98 Å². The first-order valence-corrected chi connectivity index (χ1v) is 7.31. The van der Waals surface area contributed by atoms with E-state index in [1.54, 1.807) is 12.1 Å². The molecule has 0 bridgehead atoms. The van der Waals surface area contributed by atoms with Gasteiger partial charge in [0.1, 0.15) is 5.82 Å². The predicted molar refractivity (Wildman–Crippen MR) is 87.3 cm³/mol. The van der Waals surface area contributed by atoms with Gasteiger partial charge in [0.25, 0.3) is 0 Å². The van der Waals surface area contributed by atoms with Crippen molar-refractivity contribution < 1.29 is 22.6 Å². The zero-order chi connectivity index (χ0) is 18.1. The molecule has 130 valence electrons. The molecule has 0 fully saturated rings. The normalized spacial score (nSPS) is 10.8. The first kappa shape index (κ1) is 17.1. The van der Waals surface area contributed by atoms with Crippen molar-refractivity contribution >= 4 is 34.0 Å². The Hall–Kier alpha value is -2.74. The zero-order valence-electron chi connectivity index (χ0n) is 13.0. The molecule has 0 spiro atoms. The fourth-order valence-corrected chi connectivity index (χ4v) is 2.46. The Kier molecular flexibility index (Phi) is 4.54. The van der Waals surface area contributed by atoms with Crippen LogP contribution in [0.1, 0.15) is 0 Å². The highest BCUT2D eigenvalue weighted by Gasteiger charge is 2.15. The van der Waals surface area contributed by atoms with Crippen LogP contribution in [0, 0.1) is 17.5 Å². The molecule has 0 aliphatic carbocycles. The number of hydrogen-bond acceptors (Lipinski definition) is 5. The SMILES string of the molecule is COc1cc2nc(Cl)nc(Nc3cc(F)c(F)c(F)c3)c2cc1OC. The lowest BCUT2D eigenvalue weighted by Crippen LogP contribution is -2.01. The van der Waals surface area contributed by atoms with Gasteiger partial charge in [-0.15, -0.1) is 0 Å². The quantitative estimate of drug-likeness (QED) is 0.543. The van der Waals surface area contributed by atoms with Gasteiger partial charge < -0.3 is 14.8 Å². The molecule has 0 amide bonds. The van der Waals surface area contributed by atoms with Gasteiger partial charge in [0.2, 0.25) is 5.28 Å². The molecular weight excluding hydrogens is 359 g/mol. The monoisotopic (exact) mass is 369 g/mol. The van der Waals surface area contributed by atoms with Crippen molar-refractivity contribution in [2.45, 2.75) is 0 Å². The second-order valence-electron chi connectivity index (χ2n) is 4.94. The molecule has 1 aromatic heterocycles. The first-order valence-electron chi connectivity index (χ1n) is 6.93. The molecule has 0 saturated heterocycles. The lowest BCUT2D eigenvalue weighted by molar-refractivity contribution is 0.356. The molecular formula is C16H11ClF3N3O2. The van der Waals surface area contributed by atoms with E-state index in [0.29, 0.717) is 22.4 Å². The van der Waals surface area contributed by atoms with Gasteiger partial charge in [-0.25, -0.2) is 18.2 Å². The van der Waals surface area contributed by atoms with Crippen LogP contribution in [0.5, 0.6) is 11.5 Å². The summed E-state index contributed by atoms with van der Waals surface area (Å²) in [4.78, 5) is 8.10. The maximum absolute atomic E-state index is 13.4. The molecule has 3 aromatic rings. The summed E-state index contributed by atoms with van der Waals surface area (Å²) in [6.07, 6.45) is 0. The number of methoxy groups -OCH3 is 2. The highest BCUT2D eigenvalue weighted by atomic mass is 35.5. The van der Waals surface area contributed by atoms with Crippen LogP contribution < -0.4 is 14.8 Å². The van der Waals surface area contributed by atoms with E-state index in [9.17, 15) is 13.2 Å². The number of rotatable bonds is 4. The highest BCUT2D eigenvalue weighted by Crippen LogP contribution is 2.35. The van der Waals surface area contributed by atoms with Crippen LogP contribution in [-0.2, 0) is 0 Å². The standard InChI is InChI=1S/C16H11ClF3N3O2/c1-24-12-5-8-11(6-13(12)25-2)22-16(17)23-15(8)21-7-3-9(18)14(20)10(19)4-7/h3-6H,1-2H3,(H,21,22,23). The van der Waals surface area contributed by atoms with E-state index in [2.05, 4.69) is 15.3 Å². The van der Waals surface area contributed by atoms with Crippen molar-refractivity contribution in [3.05, 3.63) is 47.0 Å². The number of nitrogens with zero attached hydrogens (tertiary/aromatic N) is 2. The summed E-state index contributed by atoms with van der Waals surface area (Å²) in [5.41, 5.74) is 0.380. The van der Waals surface area contributed by atoms with Gasteiger partial charge in [0, 0.05) is 29.3 Å². The van der Waals surface area contributed by atoms with E-state index in [4.69, 9.17) is 21.1 Å². The van der Waals surface area contributed by atoms with Crippen LogP contribution in [0.2, 0.25) is 5.28 Å². The molecule has 25 heavy (non-hydrogen) atoms. The van der Waals surface area contributed by atoms with E-state index in [1.165, 1.54) is 14.2 Å². The summed E-state index contributed by atoms with van der Waals surface area (Å²) in [6, 6.07) is 4.78. The maximum Gasteiger partial charge on any atom is 0.224 e. The Morgan fingerprint density at radius 3 is 2.12 bits per heavy atom. The van der Waals surface area contributed by atoms with Gasteiger partial charge in [-0.05, 0) is 17.7 Å². The van der Waals surface area contributed by atoms with E-state index in [1.807, 2.05) is 0 Å². The van der Waals surface area contributed by atoms with Gasteiger partial charge >= 0.3 is 0 Å². The third-order valence-electron chi connectivity index (χ3n) is 3.42. The molecule has 0 atom stereocenters. The Morgan fingerprint density at radius 2 is 1.52 bits per heavy atom. The van der Waals surface area contributed by atoms with E-state index in [0.717, 1.165) is 12.1 Å². The smallest absolute Gasteiger partial charge is 0.224 e. The summed E-state index contributed by atoms with van der Waals surface area (Å²) < 4.78 is 50.3. The van der Waals surface area contributed by atoms with Crippen LogP contribution in [0.25, 0.3) is 10.9 Å². The minimum absolute atomic E-state index is 0.0396. The summed E-state index contributed by atoms with van der Waals surface area (Å²) in [5.74, 6) is -3.21. The fraction of sp³-hybridized carbons (Fsp3) is 0.125. The van der Waals surface area contributed by atoms with Crippen molar-refractivity contribution in [3.8, 4) is 11.5 Å². The second kappa shape index (κ2) is 6.64. The number of halogens is 4. The van der Waals surface area contributed by atoms with Gasteiger partial charge in [0.05, 0.1) is 19.7 Å². The van der Waals surface area contributed by atoms with Crippen LogP contribution in [0.15, 0.2) is 24.3 Å². The number of benzene rings is 2. The molecule has 5 nitrogen and oxygen atoms in total. The maximum atomic E-state index is 13.4. The average Bonchev–Trinajstić information content (AvgIpc) is 2.58. The molecule has 0 unspecified atom stereocenters. The largest absolute Gasteiger partial charge is 0.493 e. The van der Waals surface area contributed by atoms with Crippen LogP contribution in [0.3, 0.4) is 0 Å². The summed E-state index contributed by atoms with van der Waals surface area (Å²) in [5, 5.41) is 3.08. The number of nitrogens with one attached hydrogen (secondary N) is 1. The molecule has 9 heteroatoms. The van der Waals surface area contributed by atoms with Crippen molar-refractivity contribution in [2.75, 3.05) is 19.5 Å². The molecule has 2 aromatic carbocycles. The van der Waals surface area contributed by atoms with Crippen LogP contribution in [0.4, 0.5) is 24.7 Å². The fourth-order valence-electron chi connectivity index (χ4n) is 2.29. The average molecular weight is 370 g/mol. The van der Waals surface area contributed by atoms with Crippen molar-refractivity contribution in [1.29, 1.82) is 0 Å². The Balaban J connectivity index is 2.15. The topological polar surface area (TPSA) is 56.3 Å². The summed E-state index contributed by atoms with van der Waals surface area (Å²) in [7, 11) is 2.92. The van der Waals surface area contributed by atoms with E-state index >= 15 is 0 Å². The predicted octanol–water partition coefficient (Wildman–Crippen LogP) is 4.46. The number of hydrogen-bond donors (Lipinski definition) is 1. The molecule has 1 heterocycles. The van der Waals surface area contributed by atoms with Gasteiger partial charge in [0.15, 0.2) is 29.0 Å². The van der Waals surface area contributed by atoms with Crippen LogP contribution in [-0.4, -0.2) is 24.2 Å². The third kappa shape index (κ3) is 3.25. The van der Waals surface area contributed by atoms with Crippen molar-refractivity contribution in [1.82, 2.24) is 9.97 Å². The third-order valence-corrected chi connectivity index (χ3v) is 3.59. The van der Waals surface area contributed by atoms with Crippen molar-refractivity contribution in [3.63, 3.8) is 0 Å². The second-order valence-corrected chi connectivity index (χ2v) is 5.28. The first-order chi connectivity index (χ1) is 11.9. The molecule has 3 rings (SSSR count). The Labute approximate surface area is 145 Å². The molecule has 0 saturated carbocycles. The molecule has 0 radical (unpaired) electrons. The lowest BCUT2D eigenvalue weighted by Gasteiger charge is -2.13. The molecule has 0 aliphatic rings. The summed E-state index contributed by atoms with van der Waals surface area (Å²) >= 11 is 5.90. The Bertz CT molecular complexity index is 946. The van der Waals surface area contributed by atoms with E-state index < -0.39 is 17.5 Å². The minimum atomic E-state index is -1.55. The number of fused-ring (bicyclic) bond motifs is 1. The summed E-state index contributed by atoms with van der Waals surface area (Å²) in [6.45, 7) is 0. The zero-order valence-corrected chi connectivity index (χ0v) is 13.8. The minimum Gasteiger partial charge on any atom is -0.493 e. The Morgan fingerprint density at radius 1 is 0.920 bits per heavy atom. The lowest BCUT2D eigenvalue weighted by atomic mass is 10.2. The van der Waals surface area contributed by atoms with Gasteiger partial charge in [-0.3, -0.25) is 0 Å². The number of ether oxygens (including phenoxy) is 2. The van der Waals surface area contributed by atoms with Crippen molar-refractivity contribution in [2.24, 2.45) is 0 Å². The van der Waals surface area contributed by atoms with E-state index in [-0.39, 0.29) is 16.8 Å². The highest BCUT2D eigenvalue weighted by molar-refractivity contribution is 6.28. The number of anilines is 2.